The van der Waals surface area contributed by atoms with Gasteiger partial charge in [0.25, 0.3) is 0 Å². The summed E-state index contributed by atoms with van der Waals surface area (Å²) in [5, 5.41) is 3.48. The Morgan fingerprint density at radius 2 is 1.81 bits per heavy atom. The summed E-state index contributed by atoms with van der Waals surface area (Å²) in [5.74, 6) is 0.964. The van der Waals surface area contributed by atoms with E-state index in [2.05, 4.69) is 55.3 Å². The molecule has 1 fully saturated rings. The molecule has 0 spiro atoms. The molecule has 1 N–H and O–H groups in total. The Morgan fingerprint density at radius 1 is 1.14 bits per heavy atom. The molecule has 118 valence electrons. The first-order valence-electron chi connectivity index (χ1n) is 8.71. The summed E-state index contributed by atoms with van der Waals surface area (Å²) in [6, 6.07) is 9.81. The van der Waals surface area contributed by atoms with Crippen molar-refractivity contribution in [2.24, 2.45) is 5.92 Å². The van der Waals surface area contributed by atoms with Crippen LogP contribution < -0.4 is 5.32 Å². The van der Waals surface area contributed by atoms with Gasteiger partial charge < -0.3 is 5.32 Å². The van der Waals surface area contributed by atoms with E-state index in [9.17, 15) is 0 Å². The van der Waals surface area contributed by atoms with Crippen LogP contribution in [0, 0.1) is 5.92 Å². The fraction of sp³-hybridized carbons (Fsp3) is 0.684. The smallest absolute Gasteiger partial charge is 0.0233 e. The lowest BCUT2D eigenvalue weighted by molar-refractivity contribution is 0.178. The average molecular weight is 288 g/mol. The van der Waals surface area contributed by atoms with Crippen molar-refractivity contribution < 1.29 is 0 Å². The maximum atomic E-state index is 3.48. The lowest BCUT2D eigenvalue weighted by Crippen LogP contribution is -2.32. The standard InChI is InChI=1S/C19H32N2/c1-4-21(14-18-6-5-7-18)15-19-10-8-17(9-11-19)12-13-20-16(2)3/h8-11,16,18,20H,4-7,12-15H2,1-3H3. The van der Waals surface area contributed by atoms with Crippen LogP contribution in [0.15, 0.2) is 24.3 Å². The summed E-state index contributed by atoms with van der Waals surface area (Å²) < 4.78 is 0. The highest BCUT2D eigenvalue weighted by atomic mass is 15.1. The summed E-state index contributed by atoms with van der Waals surface area (Å²) >= 11 is 0. The van der Waals surface area contributed by atoms with Crippen LogP contribution in [0.5, 0.6) is 0 Å². The van der Waals surface area contributed by atoms with Gasteiger partial charge in [0.05, 0.1) is 0 Å². The maximum Gasteiger partial charge on any atom is 0.0233 e. The second-order valence-corrected chi connectivity index (χ2v) is 6.80. The first kappa shape index (κ1) is 16.5. The van der Waals surface area contributed by atoms with Gasteiger partial charge in [-0.05, 0) is 49.4 Å². The van der Waals surface area contributed by atoms with E-state index in [-0.39, 0.29) is 0 Å². The van der Waals surface area contributed by atoms with Crippen molar-refractivity contribution in [1.29, 1.82) is 0 Å². The molecule has 1 saturated carbocycles. The van der Waals surface area contributed by atoms with Crippen LogP contribution in [0.2, 0.25) is 0 Å². The highest BCUT2D eigenvalue weighted by Crippen LogP contribution is 2.27. The van der Waals surface area contributed by atoms with Gasteiger partial charge in [-0.25, -0.2) is 0 Å². The molecule has 1 aromatic rings. The Labute approximate surface area is 130 Å². The molecule has 0 bridgehead atoms. The predicted molar refractivity (Wildman–Crippen MR) is 91.6 cm³/mol. The molecule has 0 amide bonds. The normalized spacial score (nSPS) is 15.7. The molecule has 1 aliphatic rings. The van der Waals surface area contributed by atoms with E-state index < -0.39 is 0 Å². The Balaban J connectivity index is 1.77. The average Bonchev–Trinajstić information content (AvgIpc) is 2.42. The van der Waals surface area contributed by atoms with Gasteiger partial charge in [0, 0.05) is 19.1 Å². The summed E-state index contributed by atoms with van der Waals surface area (Å²) in [6.07, 6.45) is 5.45. The van der Waals surface area contributed by atoms with Crippen LogP contribution in [0.3, 0.4) is 0 Å². The molecule has 0 atom stereocenters. The number of nitrogens with zero attached hydrogens (tertiary/aromatic N) is 1. The van der Waals surface area contributed by atoms with E-state index >= 15 is 0 Å². The van der Waals surface area contributed by atoms with E-state index in [0.29, 0.717) is 6.04 Å². The summed E-state index contributed by atoms with van der Waals surface area (Å²) in [5.41, 5.74) is 2.89. The van der Waals surface area contributed by atoms with Crippen LogP contribution in [-0.2, 0) is 13.0 Å². The Kier molecular flexibility index (Phi) is 6.72. The molecule has 2 nitrogen and oxygen atoms in total. The van der Waals surface area contributed by atoms with Crippen molar-refractivity contribution in [3.8, 4) is 0 Å². The van der Waals surface area contributed by atoms with E-state index in [0.717, 1.165) is 32.0 Å². The predicted octanol–water partition coefficient (Wildman–Crippen LogP) is 3.85. The number of nitrogens with one attached hydrogen (secondary N) is 1. The molecule has 0 saturated heterocycles. The van der Waals surface area contributed by atoms with Crippen LogP contribution in [0.4, 0.5) is 0 Å². The Hall–Kier alpha value is -0.860. The monoisotopic (exact) mass is 288 g/mol. The second-order valence-electron chi connectivity index (χ2n) is 6.80. The topological polar surface area (TPSA) is 15.3 Å². The lowest BCUT2D eigenvalue weighted by Gasteiger charge is -2.31. The molecule has 21 heavy (non-hydrogen) atoms. The lowest BCUT2D eigenvalue weighted by atomic mass is 9.85. The van der Waals surface area contributed by atoms with E-state index in [1.807, 2.05) is 0 Å². The van der Waals surface area contributed by atoms with Gasteiger partial charge in [-0.2, -0.15) is 0 Å². The first-order chi connectivity index (χ1) is 10.2. The Bertz CT molecular complexity index is 393. The molecule has 2 heteroatoms. The first-order valence-corrected chi connectivity index (χ1v) is 8.71. The molecule has 0 aliphatic heterocycles. The minimum Gasteiger partial charge on any atom is -0.314 e. The molecular weight excluding hydrogens is 256 g/mol. The zero-order valence-corrected chi connectivity index (χ0v) is 14.1. The van der Waals surface area contributed by atoms with Crippen LogP contribution in [0.25, 0.3) is 0 Å². The zero-order chi connectivity index (χ0) is 15.1. The highest BCUT2D eigenvalue weighted by molar-refractivity contribution is 5.22. The number of rotatable bonds is 9. The quantitative estimate of drug-likeness (QED) is 0.742. The van der Waals surface area contributed by atoms with Crippen molar-refractivity contribution >= 4 is 0 Å². The van der Waals surface area contributed by atoms with Gasteiger partial charge in [0.1, 0.15) is 0 Å². The maximum absolute atomic E-state index is 3.48. The van der Waals surface area contributed by atoms with Crippen LogP contribution >= 0.6 is 0 Å². The molecule has 0 unspecified atom stereocenters. The molecular formula is C19H32N2. The molecule has 1 aromatic carbocycles. The van der Waals surface area contributed by atoms with Gasteiger partial charge in [-0.15, -0.1) is 0 Å². The number of hydrogen-bond acceptors (Lipinski definition) is 2. The third-order valence-electron chi connectivity index (χ3n) is 4.58. The van der Waals surface area contributed by atoms with Gasteiger partial charge in [0.2, 0.25) is 0 Å². The molecule has 1 aliphatic carbocycles. The summed E-state index contributed by atoms with van der Waals surface area (Å²) in [4.78, 5) is 2.60. The minimum atomic E-state index is 0.578. The van der Waals surface area contributed by atoms with Crippen molar-refractivity contribution in [1.82, 2.24) is 10.2 Å². The van der Waals surface area contributed by atoms with E-state index in [1.54, 1.807) is 0 Å². The van der Waals surface area contributed by atoms with Crippen LogP contribution in [0.1, 0.15) is 51.2 Å². The van der Waals surface area contributed by atoms with Gasteiger partial charge >= 0.3 is 0 Å². The van der Waals surface area contributed by atoms with Crippen molar-refractivity contribution in [3.63, 3.8) is 0 Å². The SMILES string of the molecule is CCN(Cc1ccc(CCNC(C)C)cc1)CC1CCC1. The fourth-order valence-corrected chi connectivity index (χ4v) is 2.92. The second kappa shape index (κ2) is 8.55. The van der Waals surface area contributed by atoms with Gasteiger partial charge in [0.15, 0.2) is 0 Å². The molecule has 0 heterocycles. The summed E-state index contributed by atoms with van der Waals surface area (Å²) in [7, 11) is 0. The zero-order valence-electron chi connectivity index (χ0n) is 14.1. The molecule has 0 aromatic heterocycles. The summed E-state index contributed by atoms with van der Waals surface area (Å²) in [6.45, 7) is 11.3. The van der Waals surface area contributed by atoms with Crippen molar-refractivity contribution in [3.05, 3.63) is 35.4 Å². The largest absolute Gasteiger partial charge is 0.314 e. The number of benzene rings is 1. The minimum absolute atomic E-state index is 0.578. The van der Waals surface area contributed by atoms with E-state index in [4.69, 9.17) is 0 Å². The molecule has 2 rings (SSSR count). The van der Waals surface area contributed by atoms with Crippen molar-refractivity contribution in [2.75, 3.05) is 19.6 Å². The van der Waals surface area contributed by atoms with Crippen LogP contribution in [-0.4, -0.2) is 30.6 Å². The van der Waals surface area contributed by atoms with Crippen molar-refractivity contribution in [2.45, 2.75) is 59.0 Å². The third-order valence-corrected chi connectivity index (χ3v) is 4.58. The van der Waals surface area contributed by atoms with E-state index in [1.165, 1.54) is 36.9 Å². The third kappa shape index (κ3) is 5.80. The highest BCUT2D eigenvalue weighted by Gasteiger charge is 2.19. The number of hydrogen-bond donors (Lipinski definition) is 1. The Morgan fingerprint density at radius 3 is 2.33 bits per heavy atom. The fourth-order valence-electron chi connectivity index (χ4n) is 2.92. The molecule has 0 radical (unpaired) electrons. The van der Waals surface area contributed by atoms with Gasteiger partial charge in [-0.1, -0.05) is 51.5 Å². The van der Waals surface area contributed by atoms with Gasteiger partial charge in [-0.3, -0.25) is 4.90 Å².